The van der Waals surface area contributed by atoms with E-state index in [2.05, 4.69) is 155 Å². The highest BCUT2D eigenvalue weighted by Gasteiger charge is 2.22. The number of benzene rings is 6. The summed E-state index contributed by atoms with van der Waals surface area (Å²) in [5, 5.41) is 16.7. The number of fused-ring (bicyclic) bond motifs is 3. The minimum Gasteiger partial charge on any atom is -0.388 e. The fourth-order valence-corrected chi connectivity index (χ4v) is 5.23. The monoisotopic (exact) mass is 856 g/mol. The third-order valence-electron chi connectivity index (χ3n) is 8.71. The fraction of sp³-hybridized carbons (Fsp3) is 0.412. The highest BCUT2D eigenvalue weighted by atomic mass is 16.6. The van der Waals surface area contributed by atoms with Crippen LogP contribution in [0.3, 0.4) is 0 Å². The van der Waals surface area contributed by atoms with Gasteiger partial charge in [-0.05, 0) is 32.3 Å². The number of methoxy groups -OCH3 is 6. The van der Waals surface area contributed by atoms with Gasteiger partial charge in [0.05, 0.1) is 66.1 Å². The number of aliphatic hydroxyl groups excluding tert-OH is 1. The zero-order valence-electron chi connectivity index (χ0n) is 37.3. The first-order valence-electron chi connectivity index (χ1n) is 20.8. The largest absolute Gasteiger partial charge is 0.388 e. The van der Waals surface area contributed by atoms with Crippen LogP contribution < -0.4 is 0 Å². The maximum Gasteiger partial charge on any atom is 0.104 e. The molecule has 0 aromatic heterocycles. The molecule has 62 heavy (non-hydrogen) atoms. The van der Waals surface area contributed by atoms with Crippen LogP contribution in [0.25, 0.3) is 32.3 Å². The molecule has 10 rings (SSSR count). The predicted molar refractivity (Wildman–Crippen MR) is 248 cm³/mol. The smallest absolute Gasteiger partial charge is 0.104 e. The molecule has 4 atom stereocenters. The Labute approximate surface area is 368 Å². The minimum absolute atomic E-state index is 0.341. The standard InChI is InChI=1S/3C10H8.C5H12O3.4C4H8O2/c3*1-2-6-10-8-4-3-7-9(10)5-1;1-7-3-5(6)4-8-2;4*1-5-2-4-3-6-4/h3*1-8H;5-6H,3-4H2,1-2H3;4*4H,2-3H2,1H3. The summed E-state index contributed by atoms with van der Waals surface area (Å²) in [6.07, 6.45) is 1.22. The van der Waals surface area contributed by atoms with Gasteiger partial charge in [0.2, 0.25) is 0 Å². The van der Waals surface area contributed by atoms with Gasteiger partial charge in [-0.1, -0.05) is 146 Å². The average molecular weight is 857 g/mol. The lowest BCUT2D eigenvalue weighted by molar-refractivity contribution is 0.00980. The Bertz CT molecular complexity index is 1530. The fourth-order valence-electron chi connectivity index (χ4n) is 5.23. The van der Waals surface area contributed by atoms with Crippen LogP contribution in [-0.4, -0.2) is 144 Å². The molecule has 6 aromatic carbocycles. The Morgan fingerprint density at radius 3 is 0.613 bits per heavy atom. The van der Waals surface area contributed by atoms with Gasteiger partial charge in [0.1, 0.15) is 30.5 Å². The Morgan fingerprint density at radius 2 is 0.516 bits per heavy atom. The summed E-state index contributed by atoms with van der Waals surface area (Å²) in [4.78, 5) is 0. The molecule has 11 heteroatoms. The van der Waals surface area contributed by atoms with E-state index >= 15 is 0 Å². The van der Waals surface area contributed by atoms with Gasteiger partial charge < -0.3 is 52.5 Å². The maximum absolute atomic E-state index is 8.80. The molecule has 338 valence electrons. The Morgan fingerprint density at radius 1 is 0.355 bits per heavy atom. The Balaban J connectivity index is 0.000000191. The summed E-state index contributed by atoms with van der Waals surface area (Å²) in [5.74, 6) is 0. The number of rotatable bonds is 12. The third kappa shape index (κ3) is 26.2. The summed E-state index contributed by atoms with van der Waals surface area (Å²) >= 11 is 0. The molecule has 0 bridgehead atoms. The van der Waals surface area contributed by atoms with E-state index in [-0.39, 0.29) is 0 Å². The van der Waals surface area contributed by atoms with Gasteiger partial charge in [-0.3, -0.25) is 0 Å². The van der Waals surface area contributed by atoms with E-state index in [0.29, 0.717) is 37.6 Å². The normalized spacial score (nSPS) is 18.0. The van der Waals surface area contributed by atoms with Gasteiger partial charge >= 0.3 is 0 Å². The highest BCUT2D eigenvalue weighted by molar-refractivity contribution is 5.83. The predicted octanol–water partition coefficient (Wildman–Crippen LogP) is 8.29. The molecule has 0 spiro atoms. The van der Waals surface area contributed by atoms with Gasteiger partial charge in [0.25, 0.3) is 0 Å². The van der Waals surface area contributed by atoms with Gasteiger partial charge in [0, 0.05) is 42.7 Å². The van der Waals surface area contributed by atoms with Crippen molar-refractivity contribution in [2.24, 2.45) is 0 Å². The van der Waals surface area contributed by atoms with E-state index in [9.17, 15) is 0 Å². The molecule has 4 unspecified atom stereocenters. The Hall–Kier alpha value is -4.34. The second-order valence-electron chi connectivity index (χ2n) is 14.2. The second kappa shape index (κ2) is 33.2. The van der Waals surface area contributed by atoms with Gasteiger partial charge in [-0.15, -0.1) is 0 Å². The number of hydrogen-bond acceptors (Lipinski definition) is 11. The quantitative estimate of drug-likeness (QED) is 0.120. The van der Waals surface area contributed by atoms with Crippen molar-refractivity contribution in [1.29, 1.82) is 0 Å². The van der Waals surface area contributed by atoms with Crippen LogP contribution in [0, 0.1) is 0 Å². The third-order valence-corrected chi connectivity index (χ3v) is 8.71. The van der Waals surface area contributed by atoms with Crippen molar-refractivity contribution in [3.8, 4) is 0 Å². The number of epoxide rings is 4. The van der Waals surface area contributed by atoms with E-state index < -0.39 is 6.10 Å². The maximum atomic E-state index is 8.80. The number of aliphatic hydroxyl groups is 1. The van der Waals surface area contributed by atoms with Gasteiger partial charge in [0.15, 0.2) is 0 Å². The number of hydrogen-bond donors (Lipinski definition) is 1. The first-order chi connectivity index (χ1) is 30.4. The van der Waals surface area contributed by atoms with Crippen molar-refractivity contribution in [2.45, 2.75) is 30.5 Å². The molecule has 0 radical (unpaired) electrons. The second-order valence-corrected chi connectivity index (χ2v) is 14.2. The van der Waals surface area contributed by atoms with Gasteiger partial charge in [-0.2, -0.15) is 0 Å². The molecular formula is C51H68O11. The molecule has 0 amide bonds. The first kappa shape index (κ1) is 52.0. The summed E-state index contributed by atoms with van der Waals surface area (Å²) in [7, 11) is 9.81. The van der Waals surface area contributed by atoms with E-state index in [1.807, 2.05) is 0 Å². The van der Waals surface area contributed by atoms with E-state index in [1.54, 1.807) is 42.7 Å². The van der Waals surface area contributed by atoms with Crippen LogP contribution in [0.15, 0.2) is 146 Å². The molecule has 0 aliphatic carbocycles. The van der Waals surface area contributed by atoms with Crippen LogP contribution in [0.1, 0.15) is 0 Å². The SMILES string of the molecule is COCC(O)COC.COCC1CO1.COCC1CO1.COCC1CO1.COCC1CO1.c1ccc2ccccc2c1.c1ccc2ccccc2c1.c1ccc2ccccc2c1. The zero-order valence-corrected chi connectivity index (χ0v) is 37.3. The zero-order chi connectivity index (χ0) is 44.5. The van der Waals surface area contributed by atoms with Crippen molar-refractivity contribution in [3.63, 3.8) is 0 Å². The summed E-state index contributed by atoms with van der Waals surface area (Å²) in [5.41, 5.74) is 0. The van der Waals surface area contributed by atoms with Crippen LogP contribution in [-0.2, 0) is 47.4 Å². The van der Waals surface area contributed by atoms with Crippen LogP contribution in [0.5, 0.6) is 0 Å². The van der Waals surface area contributed by atoms with Crippen molar-refractivity contribution < 1.29 is 52.5 Å². The van der Waals surface area contributed by atoms with E-state index in [0.717, 1.165) is 52.9 Å². The minimum atomic E-state index is -0.481. The molecule has 1 N–H and O–H groups in total. The lowest BCUT2D eigenvalue weighted by Crippen LogP contribution is -2.19. The van der Waals surface area contributed by atoms with Crippen molar-refractivity contribution in [3.05, 3.63) is 146 Å². The van der Waals surface area contributed by atoms with Crippen LogP contribution >= 0.6 is 0 Å². The van der Waals surface area contributed by atoms with Crippen LogP contribution in [0.2, 0.25) is 0 Å². The lowest BCUT2D eigenvalue weighted by Gasteiger charge is -2.05. The van der Waals surface area contributed by atoms with E-state index in [1.165, 1.54) is 32.3 Å². The lowest BCUT2D eigenvalue weighted by atomic mass is 10.1. The molecule has 6 aromatic rings. The number of ether oxygens (including phenoxy) is 10. The highest BCUT2D eigenvalue weighted by Crippen LogP contribution is 2.13. The summed E-state index contributed by atoms with van der Waals surface area (Å²) in [6, 6.07) is 50.1. The van der Waals surface area contributed by atoms with Crippen LogP contribution in [0.4, 0.5) is 0 Å². The molecule has 4 aliphatic rings. The Kier molecular flexibility index (Phi) is 27.9. The van der Waals surface area contributed by atoms with Gasteiger partial charge in [-0.25, -0.2) is 0 Å². The molecular weight excluding hydrogens is 789 g/mol. The van der Waals surface area contributed by atoms with Crippen molar-refractivity contribution >= 4 is 32.3 Å². The first-order valence-corrected chi connectivity index (χ1v) is 20.8. The summed E-state index contributed by atoms with van der Waals surface area (Å²) in [6.45, 7) is 7.32. The molecule has 4 aliphatic heterocycles. The van der Waals surface area contributed by atoms with E-state index in [4.69, 9.17) is 43.0 Å². The molecule has 4 saturated heterocycles. The molecule has 4 fully saturated rings. The van der Waals surface area contributed by atoms with Crippen molar-refractivity contribution in [2.75, 3.05) is 109 Å². The topological polar surface area (TPSA) is 126 Å². The summed E-state index contributed by atoms with van der Waals surface area (Å²) < 4.78 is 47.5. The van der Waals surface area contributed by atoms with Crippen molar-refractivity contribution in [1.82, 2.24) is 0 Å². The molecule has 0 saturated carbocycles. The molecule has 11 nitrogen and oxygen atoms in total. The molecule has 4 heterocycles. The average Bonchev–Trinajstić information content (AvgIpc) is 4.08.